The minimum absolute atomic E-state index is 0.0886. The fourth-order valence-electron chi connectivity index (χ4n) is 4.47. The third-order valence-corrected chi connectivity index (χ3v) is 5.76. The summed E-state index contributed by atoms with van der Waals surface area (Å²) in [5.74, 6) is 0.464. The number of carbonyl (C=O) groups excluding carboxylic acids is 1. The van der Waals surface area contributed by atoms with Gasteiger partial charge in [0.25, 0.3) is 5.91 Å². The molecule has 0 spiro atoms. The Morgan fingerprint density at radius 3 is 2.85 bits per heavy atom. The fraction of sp³-hybridized carbons (Fsp3) is 0.350. The summed E-state index contributed by atoms with van der Waals surface area (Å²) in [6, 6.07) is 13.9. The van der Waals surface area contributed by atoms with E-state index >= 15 is 0 Å². The Morgan fingerprint density at radius 1 is 1.15 bits per heavy atom. The summed E-state index contributed by atoms with van der Waals surface area (Å²) >= 11 is 0. The van der Waals surface area contributed by atoms with Crippen LogP contribution in [-0.4, -0.2) is 51.6 Å². The lowest BCUT2D eigenvalue weighted by atomic mass is 9.84. The van der Waals surface area contributed by atoms with Gasteiger partial charge in [-0.05, 0) is 24.1 Å². The van der Waals surface area contributed by atoms with Crippen LogP contribution in [0.15, 0.2) is 47.3 Å². The maximum absolute atomic E-state index is 13.2. The Kier molecular flexibility index (Phi) is 3.82. The molecule has 2 aliphatic heterocycles. The molecule has 0 bridgehead atoms. The van der Waals surface area contributed by atoms with Crippen LogP contribution in [0, 0.1) is 5.92 Å². The van der Waals surface area contributed by atoms with Crippen LogP contribution < -0.4 is 5.69 Å². The highest BCUT2D eigenvalue weighted by atomic mass is 16.5. The molecular formula is C20H20N4O3. The Bertz CT molecular complexity index is 1040. The van der Waals surface area contributed by atoms with Crippen LogP contribution in [0.2, 0.25) is 0 Å². The molecular weight excluding hydrogens is 344 g/mol. The highest BCUT2D eigenvalue weighted by molar-refractivity contribution is 5.94. The lowest BCUT2D eigenvalue weighted by molar-refractivity contribution is 0.0187. The minimum Gasteiger partial charge on any atom is -0.381 e. The number of aromatic amines is 2. The fourth-order valence-corrected chi connectivity index (χ4v) is 4.47. The molecule has 5 rings (SSSR count). The zero-order valence-electron chi connectivity index (χ0n) is 14.7. The molecule has 3 aromatic rings. The summed E-state index contributed by atoms with van der Waals surface area (Å²) in [6.07, 6.45) is 0.836. The van der Waals surface area contributed by atoms with Crippen molar-refractivity contribution in [1.82, 2.24) is 19.9 Å². The number of carbonyl (C=O) groups is 1. The van der Waals surface area contributed by atoms with E-state index in [9.17, 15) is 9.59 Å². The van der Waals surface area contributed by atoms with E-state index in [2.05, 4.69) is 27.1 Å². The van der Waals surface area contributed by atoms with Crippen molar-refractivity contribution in [2.75, 3.05) is 19.8 Å². The molecule has 138 valence electrons. The van der Waals surface area contributed by atoms with Gasteiger partial charge >= 0.3 is 5.69 Å². The maximum atomic E-state index is 13.2. The van der Waals surface area contributed by atoms with E-state index in [1.165, 1.54) is 5.56 Å². The lowest BCUT2D eigenvalue weighted by Gasteiger charge is -2.32. The van der Waals surface area contributed by atoms with Crippen LogP contribution in [0.1, 0.15) is 28.4 Å². The first-order valence-corrected chi connectivity index (χ1v) is 9.23. The van der Waals surface area contributed by atoms with Crippen LogP contribution in [0.3, 0.4) is 0 Å². The van der Waals surface area contributed by atoms with Crippen molar-refractivity contribution in [2.24, 2.45) is 5.92 Å². The van der Waals surface area contributed by atoms with Crippen molar-refractivity contribution in [1.29, 1.82) is 0 Å². The van der Waals surface area contributed by atoms with Gasteiger partial charge in [-0.1, -0.05) is 30.3 Å². The van der Waals surface area contributed by atoms with Gasteiger partial charge in [-0.2, -0.15) is 0 Å². The Morgan fingerprint density at radius 2 is 2.00 bits per heavy atom. The average molecular weight is 364 g/mol. The molecule has 3 unspecified atom stereocenters. The molecule has 2 aromatic heterocycles. The van der Waals surface area contributed by atoms with Crippen molar-refractivity contribution in [2.45, 2.75) is 18.4 Å². The van der Waals surface area contributed by atoms with Gasteiger partial charge in [0.05, 0.1) is 12.1 Å². The number of likely N-dealkylation sites (tertiary alicyclic amines) is 1. The van der Waals surface area contributed by atoms with Crippen molar-refractivity contribution < 1.29 is 9.53 Å². The van der Waals surface area contributed by atoms with Gasteiger partial charge in [-0.3, -0.25) is 9.78 Å². The van der Waals surface area contributed by atoms with Crippen LogP contribution in [0.4, 0.5) is 0 Å². The van der Waals surface area contributed by atoms with Gasteiger partial charge in [0.15, 0.2) is 5.65 Å². The SMILES string of the molecule is O=C(c1ccc2[nH]c(=O)[nH]c2n1)N1CC(c2ccccc2)C2COCCC21. The first-order chi connectivity index (χ1) is 13.2. The predicted octanol–water partition coefficient (Wildman–Crippen LogP) is 1.90. The summed E-state index contributed by atoms with van der Waals surface area (Å²) in [7, 11) is 0. The number of hydrogen-bond donors (Lipinski definition) is 2. The molecule has 7 nitrogen and oxygen atoms in total. The molecule has 7 heteroatoms. The number of imidazole rings is 1. The molecule has 2 aliphatic rings. The molecule has 2 saturated heterocycles. The Hall–Kier alpha value is -2.93. The van der Waals surface area contributed by atoms with Crippen LogP contribution in [0.5, 0.6) is 0 Å². The van der Waals surface area contributed by atoms with Crippen molar-refractivity contribution in [3.05, 3.63) is 64.2 Å². The summed E-state index contributed by atoms with van der Waals surface area (Å²) in [5.41, 5.74) is 2.29. The number of H-pyrrole nitrogens is 2. The summed E-state index contributed by atoms with van der Waals surface area (Å²) in [5, 5.41) is 0. The molecule has 0 saturated carbocycles. The Labute approximate surface area is 155 Å². The van der Waals surface area contributed by atoms with E-state index in [0.29, 0.717) is 42.5 Å². The molecule has 27 heavy (non-hydrogen) atoms. The van der Waals surface area contributed by atoms with E-state index in [1.807, 2.05) is 23.1 Å². The first-order valence-electron chi connectivity index (χ1n) is 9.23. The van der Waals surface area contributed by atoms with E-state index in [1.54, 1.807) is 12.1 Å². The van der Waals surface area contributed by atoms with E-state index in [0.717, 1.165) is 6.42 Å². The van der Waals surface area contributed by atoms with E-state index < -0.39 is 0 Å². The highest BCUT2D eigenvalue weighted by Gasteiger charge is 2.46. The maximum Gasteiger partial charge on any atom is 0.325 e. The van der Waals surface area contributed by atoms with Gasteiger partial charge in [-0.15, -0.1) is 0 Å². The molecule has 0 aliphatic carbocycles. The quantitative estimate of drug-likeness (QED) is 0.727. The number of rotatable bonds is 2. The zero-order chi connectivity index (χ0) is 18.4. The normalized spacial score (nSPS) is 24.9. The third kappa shape index (κ3) is 2.75. The largest absolute Gasteiger partial charge is 0.381 e. The number of fused-ring (bicyclic) bond motifs is 2. The lowest BCUT2D eigenvalue weighted by Crippen LogP contribution is -2.42. The second-order valence-electron chi connectivity index (χ2n) is 7.24. The van der Waals surface area contributed by atoms with E-state index in [-0.39, 0.29) is 23.6 Å². The zero-order valence-corrected chi connectivity index (χ0v) is 14.7. The Balaban J connectivity index is 1.49. The number of hydrogen-bond acceptors (Lipinski definition) is 4. The van der Waals surface area contributed by atoms with Gasteiger partial charge in [-0.25, -0.2) is 9.78 Å². The van der Waals surface area contributed by atoms with Crippen molar-refractivity contribution in [3.8, 4) is 0 Å². The van der Waals surface area contributed by atoms with Gasteiger partial charge in [0.2, 0.25) is 0 Å². The third-order valence-electron chi connectivity index (χ3n) is 5.76. The van der Waals surface area contributed by atoms with Crippen LogP contribution in [0.25, 0.3) is 11.2 Å². The molecule has 2 fully saturated rings. The number of amides is 1. The molecule has 1 amide bonds. The first kappa shape index (κ1) is 16.3. The van der Waals surface area contributed by atoms with Gasteiger partial charge in [0, 0.05) is 31.0 Å². The molecule has 3 atom stereocenters. The molecule has 4 heterocycles. The summed E-state index contributed by atoms with van der Waals surface area (Å²) in [6.45, 7) is 2.00. The van der Waals surface area contributed by atoms with Gasteiger partial charge < -0.3 is 14.6 Å². The number of aromatic nitrogens is 3. The standard InChI is InChI=1S/C20H20N4O3/c25-19(16-7-6-15-18(21-16)23-20(26)22-15)24-10-13(12-4-2-1-3-5-12)14-11-27-9-8-17(14)24/h1-7,13-14,17H,8-11H2,(H2,21,22,23,26). The topological polar surface area (TPSA) is 91.1 Å². The summed E-state index contributed by atoms with van der Waals surface area (Å²) < 4.78 is 5.73. The van der Waals surface area contributed by atoms with Crippen LogP contribution >= 0.6 is 0 Å². The van der Waals surface area contributed by atoms with Crippen molar-refractivity contribution >= 4 is 17.1 Å². The molecule has 1 aromatic carbocycles. The second-order valence-corrected chi connectivity index (χ2v) is 7.24. The number of pyridine rings is 1. The summed E-state index contributed by atoms with van der Waals surface area (Å²) in [4.78, 5) is 36.3. The van der Waals surface area contributed by atoms with Crippen LogP contribution in [-0.2, 0) is 4.74 Å². The second kappa shape index (κ2) is 6.35. The number of nitrogens with zero attached hydrogens (tertiary/aromatic N) is 2. The van der Waals surface area contributed by atoms with E-state index in [4.69, 9.17) is 4.74 Å². The highest BCUT2D eigenvalue weighted by Crippen LogP contribution is 2.41. The number of ether oxygens (including phenoxy) is 1. The predicted molar refractivity (Wildman–Crippen MR) is 99.6 cm³/mol. The van der Waals surface area contributed by atoms with Crippen molar-refractivity contribution in [3.63, 3.8) is 0 Å². The number of nitrogens with one attached hydrogen (secondary N) is 2. The molecule has 0 radical (unpaired) electrons. The monoisotopic (exact) mass is 364 g/mol. The van der Waals surface area contributed by atoms with Gasteiger partial charge in [0.1, 0.15) is 5.69 Å². The number of benzene rings is 1. The minimum atomic E-state index is -0.322. The smallest absolute Gasteiger partial charge is 0.325 e. The molecule has 2 N–H and O–H groups in total. The average Bonchev–Trinajstić information content (AvgIpc) is 3.27.